The monoisotopic (exact) mass is 405 g/mol. The van der Waals surface area contributed by atoms with E-state index in [-0.39, 0.29) is 16.1 Å². The van der Waals surface area contributed by atoms with Crippen LogP contribution in [0.1, 0.15) is 42.3 Å². The first-order chi connectivity index (χ1) is 12.8. The number of nitro groups is 1. The van der Waals surface area contributed by atoms with Crippen LogP contribution >= 0.6 is 0 Å². The fourth-order valence-electron chi connectivity index (χ4n) is 2.52. The van der Waals surface area contributed by atoms with Crippen molar-refractivity contribution in [3.63, 3.8) is 0 Å². The van der Waals surface area contributed by atoms with Crippen LogP contribution in [0.2, 0.25) is 0 Å². The molecule has 2 aromatic rings. The van der Waals surface area contributed by atoms with E-state index >= 15 is 0 Å². The Hall–Kier alpha value is -2.78. The molecule has 28 heavy (non-hydrogen) atoms. The summed E-state index contributed by atoms with van der Waals surface area (Å²) >= 11 is 0. The van der Waals surface area contributed by atoms with Gasteiger partial charge in [0.2, 0.25) is 10.0 Å². The molecule has 1 amide bonds. The summed E-state index contributed by atoms with van der Waals surface area (Å²) in [4.78, 5) is 23.1. The van der Waals surface area contributed by atoms with Crippen LogP contribution in [-0.2, 0) is 10.0 Å². The van der Waals surface area contributed by atoms with Gasteiger partial charge in [0.25, 0.3) is 11.6 Å². The van der Waals surface area contributed by atoms with Gasteiger partial charge < -0.3 is 5.32 Å². The average Bonchev–Trinajstić information content (AvgIpc) is 2.54. The van der Waals surface area contributed by atoms with Crippen LogP contribution < -0.4 is 10.0 Å². The quantitative estimate of drug-likeness (QED) is 0.582. The van der Waals surface area contributed by atoms with Crippen LogP contribution in [0.3, 0.4) is 0 Å². The second-order valence-electron chi connectivity index (χ2n) is 7.54. The molecule has 0 fully saturated rings. The molecule has 0 heterocycles. The fourth-order valence-corrected chi connectivity index (χ4v) is 3.97. The lowest BCUT2D eigenvalue weighted by Gasteiger charge is -2.20. The summed E-state index contributed by atoms with van der Waals surface area (Å²) in [5, 5.41) is 13.6. The molecule has 0 saturated heterocycles. The van der Waals surface area contributed by atoms with E-state index in [1.165, 1.54) is 30.3 Å². The molecule has 0 unspecified atom stereocenters. The van der Waals surface area contributed by atoms with Crippen LogP contribution in [0.25, 0.3) is 0 Å². The molecule has 2 aromatic carbocycles. The highest BCUT2D eigenvalue weighted by Crippen LogP contribution is 2.24. The molecule has 0 aromatic heterocycles. The summed E-state index contributed by atoms with van der Waals surface area (Å²) in [5.41, 5.74) is 0.863. The SMILES string of the molecule is Cc1ccc([N+](=O)[O-])cc1NC(=O)c1cc(S(=O)(=O)NC(C)(C)C)ccc1C. The minimum absolute atomic E-state index is 0.0334. The number of non-ortho nitro benzene ring substituents is 1. The Kier molecular flexibility index (Phi) is 5.91. The van der Waals surface area contributed by atoms with E-state index in [0.717, 1.165) is 0 Å². The molecule has 0 bridgehead atoms. The number of aryl methyl sites for hydroxylation is 2. The molecule has 0 radical (unpaired) electrons. The molecular weight excluding hydrogens is 382 g/mol. The predicted octanol–water partition coefficient (Wildman–Crippen LogP) is 3.54. The van der Waals surface area contributed by atoms with Crippen molar-refractivity contribution in [1.29, 1.82) is 0 Å². The van der Waals surface area contributed by atoms with Crippen molar-refractivity contribution >= 4 is 27.3 Å². The first kappa shape index (κ1) is 21.5. The third-order valence-electron chi connectivity index (χ3n) is 3.88. The summed E-state index contributed by atoms with van der Waals surface area (Å²) in [6, 6.07) is 8.43. The van der Waals surface area contributed by atoms with Gasteiger partial charge in [0, 0.05) is 23.2 Å². The molecule has 9 heteroatoms. The maximum absolute atomic E-state index is 12.7. The molecule has 0 spiro atoms. The van der Waals surface area contributed by atoms with Gasteiger partial charge in [0.05, 0.1) is 15.5 Å². The molecule has 0 saturated carbocycles. The van der Waals surface area contributed by atoms with E-state index in [4.69, 9.17) is 0 Å². The normalized spacial score (nSPS) is 11.9. The van der Waals surface area contributed by atoms with Gasteiger partial charge in [0.15, 0.2) is 0 Å². The van der Waals surface area contributed by atoms with Gasteiger partial charge in [-0.3, -0.25) is 14.9 Å². The predicted molar refractivity (Wildman–Crippen MR) is 107 cm³/mol. The standard InChI is InChI=1S/C19H23N3O5S/c1-12-7-9-15(28(26,27)21-19(3,4)5)11-16(12)18(23)20-17-10-14(22(24)25)8-6-13(17)2/h6-11,21H,1-5H3,(H,20,23). The van der Waals surface area contributed by atoms with Gasteiger partial charge in [-0.05, 0) is 57.9 Å². The zero-order valence-electron chi connectivity index (χ0n) is 16.4. The molecule has 0 aliphatic heterocycles. The number of amides is 1. The molecule has 2 N–H and O–H groups in total. The Balaban J connectivity index is 2.39. The molecule has 8 nitrogen and oxygen atoms in total. The van der Waals surface area contributed by atoms with Crippen molar-refractivity contribution in [2.24, 2.45) is 0 Å². The second kappa shape index (κ2) is 7.69. The summed E-state index contributed by atoms with van der Waals surface area (Å²) < 4.78 is 27.6. The minimum atomic E-state index is -3.81. The van der Waals surface area contributed by atoms with Crippen molar-refractivity contribution in [2.45, 2.75) is 45.1 Å². The number of carbonyl (C=O) groups excluding carboxylic acids is 1. The lowest BCUT2D eigenvalue weighted by Crippen LogP contribution is -2.40. The first-order valence-corrected chi connectivity index (χ1v) is 9.99. The molecule has 2 rings (SSSR count). The lowest BCUT2D eigenvalue weighted by atomic mass is 10.1. The zero-order chi connectivity index (χ0) is 21.3. The van der Waals surface area contributed by atoms with Crippen molar-refractivity contribution in [1.82, 2.24) is 4.72 Å². The first-order valence-electron chi connectivity index (χ1n) is 8.51. The number of nitrogens with zero attached hydrogens (tertiary/aromatic N) is 1. The number of sulfonamides is 1. The highest BCUT2D eigenvalue weighted by molar-refractivity contribution is 7.89. The molecule has 0 aliphatic rings. The fraction of sp³-hybridized carbons (Fsp3) is 0.316. The van der Waals surface area contributed by atoms with E-state index in [0.29, 0.717) is 16.8 Å². The summed E-state index contributed by atoms with van der Waals surface area (Å²) in [6.07, 6.45) is 0. The van der Waals surface area contributed by atoms with Crippen molar-refractivity contribution < 1.29 is 18.1 Å². The third-order valence-corrected chi connectivity index (χ3v) is 5.64. The van der Waals surface area contributed by atoms with Gasteiger partial charge in [-0.25, -0.2) is 13.1 Å². The summed E-state index contributed by atoms with van der Waals surface area (Å²) in [7, 11) is -3.81. The van der Waals surface area contributed by atoms with Gasteiger partial charge >= 0.3 is 0 Å². The number of benzene rings is 2. The van der Waals surface area contributed by atoms with Crippen molar-refractivity contribution in [2.75, 3.05) is 5.32 Å². The zero-order valence-corrected chi connectivity index (χ0v) is 17.2. The van der Waals surface area contributed by atoms with Crippen molar-refractivity contribution in [3.05, 3.63) is 63.2 Å². The Bertz CT molecular complexity index is 1040. The number of carbonyl (C=O) groups is 1. The molecule has 0 atom stereocenters. The number of anilines is 1. The van der Waals surface area contributed by atoms with E-state index < -0.39 is 26.4 Å². The lowest BCUT2D eigenvalue weighted by molar-refractivity contribution is -0.384. The Morgan fingerprint density at radius 2 is 1.64 bits per heavy atom. The van der Waals surface area contributed by atoms with Gasteiger partial charge in [-0.2, -0.15) is 0 Å². The molecule has 0 aliphatic carbocycles. The van der Waals surface area contributed by atoms with Crippen LogP contribution in [0, 0.1) is 24.0 Å². The number of rotatable bonds is 5. The third kappa shape index (κ3) is 5.14. The number of nitro benzene ring substituents is 1. The van der Waals surface area contributed by atoms with E-state index in [1.807, 2.05) is 0 Å². The smallest absolute Gasteiger partial charge is 0.271 e. The molecule has 150 valence electrons. The number of nitrogens with one attached hydrogen (secondary N) is 2. The van der Waals surface area contributed by atoms with Gasteiger partial charge in [-0.15, -0.1) is 0 Å². The number of hydrogen-bond donors (Lipinski definition) is 2. The van der Waals surface area contributed by atoms with Gasteiger partial charge in [0.1, 0.15) is 0 Å². The summed E-state index contributed by atoms with van der Waals surface area (Å²) in [6.45, 7) is 8.55. The highest BCUT2D eigenvalue weighted by atomic mass is 32.2. The summed E-state index contributed by atoms with van der Waals surface area (Å²) in [5.74, 6) is -0.547. The maximum Gasteiger partial charge on any atom is 0.271 e. The Morgan fingerprint density at radius 1 is 1.04 bits per heavy atom. The number of hydrogen-bond acceptors (Lipinski definition) is 5. The van der Waals surface area contributed by atoms with Crippen LogP contribution in [-0.4, -0.2) is 24.8 Å². The highest BCUT2D eigenvalue weighted by Gasteiger charge is 2.24. The average molecular weight is 405 g/mol. The van der Waals surface area contributed by atoms with Crippen LogP contribution in [0.15, 0.2) is 41.3 Å². The van der Waals surface area contributed by atoms with E-state index in [1.54, 1.807) is 40.7 Å². The van der Waals surface area contributed by atoms with E-state index in [2.05, 4.69) is 10.0 Å². The van der Waals surface area contributed by atoms with Gasteiger partial charge in [-0.1, -0.05) is 12.1 Å². The largest absolute Gasteiger partial charge is 0.321 e. The molecular formula is C19H23N3O5S. The van der Waals surface area contributed by atoms with E-state index in [9.17, 15) is 23.3 Å². The minimum Gasteiger partial charge on any atom is -0.321 e. The Morgan fingerprint density at radius 3 is 2.21 bits per heavy atom. The second-order valence-corrected chi connectivity index (χ2v) is 9.23. The maximum atomic E-state index is 12.7. The van der Waals surface area contributed by atoms with Crippen LogP contribution in [0.4, 0.5) is 11.4 Å². The Labute approximate surface area is 164 Å². The topological polar surface area (TPSA) is 118 Å². The van der Waals surface area contributed by atoms with Crippen molar-refractivity contribution in [3.8, 4) is 0 Å². The van der Waals surface area contributed by atoms with Crippen LogP contribution in [0.5, 0.6) is 0 Å².